The van der Waals surface area contributed by atoms with Gasteiger partial charge in [-0.1, -0.05) is 36.2 Å². The van der Waals surface area contributed by atoms with Gasteiger partial charge in [-0.2, -0.15) is 0 Å². The van der Waals surface area contributed by atoms with E-state index in [9.17, 15) is 13.5 Å². The quantitative estimate of drug-likeness (QED) is 0.816. The topological polar surface area (TPSA) is 66.4 Å². The first-order valence-electron chi connectivity index (χ1n) is 6.65. The van der Waals surface area contributed by atoms with E-state index in [1.807, 2.05) is 20.8 Å². The summed E-state index contributed by atoms with van der Waals surface area (Å²) in [6.07, 6.45) is 0.906. The zero-order valence-electron chi connectivity index (χ0n) is 12.3. The minimum absolute atomic E-state index is 0.138. The predicted molar refractivity (Wildman–Crippen MR) is 84.0 cm³/mol. The van der Waals surface area contributed by atoms with E-state index in [-0.39, 0.29) is 23.5 Å². The molecule has 0 saturated heterocycles. The smallest absolute Gasteiger partial charge is 0.241 e. The third-order valence-electron chi connectivity index (χ3n) is 3.67. The number of sulfonamides is 1. The van der Waals surface area contributed by atoms with Crippen LogP contribution in [-0.2, 0) is 16.6 Å². The second-order valence-corrected chi connectivity index (χ2v) is 7.69. The van der Waals surface area contributed by atoms with Crippen LogP contribution in [0, 0.1) is 12.8 Å². The van der Waals surface area contributed by atoms with Crippen LogP contribution in [0.15, 0.2) is 21.5 Å². The molecule has 0 aliphatic carbocycles. The molecule has 1 aromatic carbocycles. The van der Waals surface area contributed by atoms with E-state index in [1.165, 1.54) is 6.07 Å². The highest BCUT2D eigenvalue weighted by atomic mass is 79.9. The Labute approximate surface area is 129 Å². The Bertz CT molecular complexity index is 572. The maximum atomic E-state index is 12.5. The summed E-state index contributed by atoms with van der Waals surface area (Å²) >= 11 is 3.34. The van der Waals surface area contributed by atoms with Crippen molar-refractivity contribution in [2.45, 2.75) is 51.7 Å². The molecule has 0 amide bonds. The molecule has 20 heavy (non-hydrogen) atoms. The molecule has 4 nitrogen and oxygen atoms in total. The van der Waals surface area contributed by atoms with Gasteiger partial charge in [-0.3, -0.25) is 0 Å². The summed E-state index contributed by atoms with van der Waals surface area (Å²) in [5.41, 5.74) is 1.21. The number of halogens is 1. The van der Waals surface area contributed by atoms with Crippen molar-refractivity contribution in [3.8, 4) is 0 Å². The number of hydrogen-bond donors (Lipinski definition) is 2. The van der Waals surface area contributed by atoms with E-state index in [1.54, 1.807) is 13.0 Å². The van der Waals surface area contributed by atoms with Crippen LogP contribution in [0.2, 0.25) is 0 Å². The van der Waals surface area contributed by atoms with Gasteiger partial charge in [0.25, 0.3) is 0 Å². The molecule has 0 saturated carbocycles. The lowest BCUT2D eigenvalue weighted by atomic mass is 10.0. The first kappa shape index (κ1) is 17.6. The lowest BCUT2D eigenvalue weighted by Gasteiger charge is -2.21. The molecule has 0 bridgehead atoms. The molecule has 114 valence electrons. The molecule has 0 radical (unpaired) electrons. The van der Waals surface area contributed by atoms with Gasteiger partial charge in [-0.05, 0) is 43.0 Å². The number of aliphatic hydroxyl groups is 1. The third-order valence-corrected chi connectivity index (χ3v) is 6.18. The maximum absolute atomic E-state index is 12.5. The van der Waals surface area contributed by atoms with Crippen LogP contribution in [-0.4, -0.2) is 19.6 Å². The lowest BCUT2D eigenvalue weighted by molar-refractivity contribution is 0.281. The van der Waals surface area contributed by atoms with Crippen LogP contribution in [0.4, 0.5) is 0 Å². The molecule has 2 atom stereocenters. The fraction of sp³-hybridized carbons (Fsp3) is 0.571. The molecule has 2 N–H and O–H groups in total. The van der Waals surface area contributed by atoms with Gasteiger partial charge in [-0.25, -0.2) is 13.1 Å². The molecule has 0 spiro atoms. The highest BCUT2D eigenvalue weighted by Crippen LogP contribution is 2.26. The van der Waals surface area contributed by atoms with Crippen molar-refractivity contribution in [2.75, 3.05) is 0 Å². The molecule has 0 aliphatic rings. The van der Waals surface area contributed by atoms with E-state index in [2.05, 4.69) is 20.7 Å². The normalized spacial score (nSPS) is 15.1. The van der Waals surface area contributed by atoms with Gasteiger partial charge in [0.15, 0.2) is 0 Å². The molecule has 1 rings (SSSR count). The summed E-state index contributed by atoms with van der Waals surface area (Å²) in [4.78, 5) is 0.214. The lowest BCUT2D eigenvalue weighted by Crippen LogP contribution is -2.37. The van der Waals surface area contributed by atoms with Gasteiger partial charge in [0.1, 0.15) is 0 Å². The van der Waals surface area contributed by atoms with Gasteiger partial charge >= 0.3 is 0 Å². The van der Waals surface area contributed by atoms with Crippen LogP contribution in [0.5, 0.6) is 0 Å². The third kappa shape index (κ3) is 4.04. The van der Waals surface area contributed by atoms with Crippen molar-refractivity contribution in [3.63, 3.8) is 0 Å². The maximum Gasteiger partial charge on any atom is 0.241 e. The Morgan fingerprint density at radius 1 is 1.35 bits per heavy atom. The molecule has 1 aromatic rings. The summed E-state index contributed by atoms with van der Waals surface area (Å²) in [5, 5.41) is 9.22. The van der Waals surface area contributed by atoms with Gasteiger partial charge < -0.3 is 5.11 Å². The number of rotatable bonds is 6. The summed E-state index contributed by atoms with van der Waals surface area (Å²) < 4.78 is 28.4. The van der Waals surface area contributed by atoms with Gasteiger partial charge in [0, 0.05) is 10.5 Å². The van der Waals surface area contributed by atoms with Crippen LogP contribution >= 0.6 is 15.9 Å². The SMILES string of the molecule is CCC(C)C(C)NS(=O)(=O)c1cc(CO)cc(Br)c1C. The van der Waals surface area contributed by atoms with E-state index < -0.39 is 10.0 Å². The summed E-state index contributed by atoms with van der Waals surface area (Å²) in [6.45, 7) is 7.46. The van der Waals surface area contributed by atoms with Crippen molar-refractivity contribution in [1.82, 2.24) is 4.72 Å². The molecule has 0 aliphatic heterocycles. The largest absolute Gasteiger partial charge is 0.392 e. The molecule has 0 heterocycles. The minimum Gasteiger partial charge on any atom is -0.392 e. The molecular weight excluding hydrogens is 342 g/mol. The summed E-state index contributed by atoms with van der Waals surface area (Å²) in [5.74, 6) is 0.259. The number of nitrogens with one attached hydrogen (secondary N) is 1. The first-order chi connectivity index (χ1) is 9.22. The Morgan fingerprint density at radius 3 is 2.45 bits per heavy atom. The molecule has 6 heteroatoms. The zero-order valence-corrected chi connectivity index (χ0v) is 14.7. The Hall–Kier alpha value is -0.430. The number of aliphatic hydroxyl groups excluding tert-OH is 1. The van der Waals surface area contributed by atoms with Crippen molar-refractivity contribution in [1.29, 1.82) is 0 Å². The standard InChI is InChI=1S/C14H22BrNO3S/c1-5-9(2)11(4)16-20(18,19)14-7-12(8-17)6-13(15)10(14)3/h6-7,9,11,16-17H,5,8H2,1-4H3. The van der Waals surface area contributed by atoms with Crippen molar-refractivity contribution in [3.05, 3.63) is 27.7 Å². The summed E-state index contributed by atoms with van der Waals surface area (Å²) in [6, 6.07) is 3.11. The second kappa shape index (κ2) is 7.02. The Morgan fingerprint density at radius 2 is 1.95 bits per heavy atom. The van der Waals surface area contributed by atoms with Crippen LogP contribution in [0.1, 0.15) is 38.3 Å². The van der Waals surface area contributed by atoms with Gasteiger partial charge in [-0.15, -0.1) is 0 Å². The predicted octanol–water partition coefficient (Wildman–Crippen LogP) is 2.96. The zero-order chi connectivity index (χ0) is 15.5. The molecular formula is C14H22BrNO3S. The summed E-state index contributed by atoms with van der Waals surface area (Å²) in [7, 11) is -3.59. The van der Waals surface area contributed by atoms with Gasteiger partial charge in [0.05, 0.1) is 11.5 Å². The highest BCUT2D eigenvalue weighted by molar-refractivity contribution is 9.10. The molecule has 0 fully saturated rings. The highest BCUT2D eigenvalue weighted by Gasteiger charge is 2.23. The Balaban J connectivity index is 3.19. The van der Waals surface area contributed by atoms with E-state index in [0.29, 0.717) is 15.6 Å². The second-order valence-electron chi connectivity index (χ2n) is 5.15. The average Bonchev–Trinajstić information content (AvgIpc) is 2.39. The minimum atomic E-state index is -3.59. The van der Waals surface area contributed by atoms with E-state index in [4.69, 9.17) is 0 Å². The van der Waals surface area contributed by atoms with Crippen LogP contribution in [0.3, 0.4) is 0 Å². The monoisotopic (exact) mass is 363 g/mol. The van der Waals surface area contributed by atoms with Crippen LogP contribution in [0.25, 0.3) is 0 Å². The fourth-order valence-electron chi connectivity index (χ4n) is 1.86. The van der Waals surface area contributed by atoms with E-state index in [0.717, 1.165) is 6.42 Å². The molecule has 2 unspecified atom stereocenters. The van der Waals surface area contributed by atoms with Crippen molar-refractivity contribution >= 4 is 26.0 Å². The average molecular weight is 364 g/mol. The van der Waals surface area contributed by atoms with E-state index >= 15 is 0 Å². The fourth-order valence-corrected chi connectivity index (χ4v) is 4.16. The van der Waals surface area contributed by atoms with Crippen molar-refractivity contribution < 1.29 is 13.5 Å². The van der Waals surface area contributed by atoms with Crippen molar-refractivity contribution in [2.24, 2.45) is 5.92 Å². The van der Waals surface area contributed by atoms with Gasteiger partial charge in [0.2, 0.25) is 10.0 Å². The number of benzene rings is 1. The van der Waals surface area contributed by atoms with Crippen LogP contribution < -0.4 is 4.72 Å². The number of hydrogen-bond acceptors (Lipinski definition) is 3. The first-order valence-corrected chi connectivity index (χ1v) is 8.92. The molecule has 0 aromatic heterocycles. The Kier molecular flexibility index (Phi) is 6.19.